The zero-order valence-electron chi connectivity index (χ0n) is 13.8. The number of hydrogen-bond donors (Lipinski definition) is 1. The van der Waals surface area contributed by atoms with Gasteiger partial charge in [-0.3, -0.25) is 5.32 Å². The molecule has 2 aromatic rings. The van der Waals surface area contributed by atoms with Crippen LogP contribution in [0.2, 0.25) is 0 Å². The van der Waals surface area contributed by atoms with E-state index in [-0.39, 0.29) is 18.0 Å². The van der Waals surface area contributed by atoms with E-state index >= 15 is 0 Å². The SMILES string of the molecule is CCn1ncc(C)c1NC(=O)N1CCC(Oc2cccc(F)c2)C1. The number of likely N-dealkylation sites (tertiary alicyclic amines) is 1. The van der Waals surface area contributed by atoms with Crippen LogP contribution in [-0.4, -0.2) is 39.9 Å². The first-order valence-corrected chi connectivity index (χ1v) is 8.07. The van der Waals surface area contributed by atoms with Crippen molar-refractivity contribution in [2.24, 2.45) is 0 Å². The number of anilines is 1. The summed E-state index contributed by atoms with van der Waals surface area (Å²) in [5.74, 6) is 0.877. The van der Waals surface area contributed by atoms with E-state index in [2.05, 4.69) is 10.4 Å². The number of nitrogens with zero attached hydrogens (tertiary/aromatic N) is 3. The number of rotatable bonds is 4. The number of carbonyl (C=O) groups is 1. The van der Waals surface area contributed by atoms with Crippen molar-refractivity contribution in [2.45, 2.75) is 32.9 Å². The Kier molecular flexibility index (Phi) is 4.69. The summed E-state index contributed by atoms with van der Waals surface area (Å²) in [6.45, 7) is 5.65. The summed E-state index contributed by atoms with van der Waals surface area (Å²) in [5, 5.41) is 7.13. The van der Waals surface area contributed by atoms with E-state index in [0.29, 0.717) is 25.4 Å². The lowest BCUT2D eigenvalue weighted by Crippen LogP contribution is -2.35. The van der Waals surface area contributed by atoms with Crippen molar-refractivity contribution in [3.05, 3.63) is 41.8 Å². The molecule has 2 amide bonds. The highest BCUT2D eigenvalue weighted by molar-refractivity contribution is 5.89. The molecule has 1 fully saturated rings. The van der Waals surface area contributed by atoms with Gasteiger partial charge in [0.1, 0.15) is 23.5 Å². The molecule has 1 saturated heterocycles. The number of benzene rings is 1. The van der Waals surface area contributed by atoms with Crippen LogP contribution in [-0.2, 0) is 6.54 Å². The lowest BCUT2D eigenvalue weighted by atomic mass is 10.3. The first kappa shape index (κ1) is 16.3. The lowest BCUT2D eigenvalue weighted by molar-refractivity contribution is 0.194. The van der Waals surface area contributed by atoms with Gasteiger partial charge in [0.15, 0.2) is 0 Å². The average molecular weight is 332 g/mol. The Balaban J connectivity index is 1.59. The quantitative estimate of drug-likeness (QED) is 0.936. The van der Waals surface area contributed by atoms with Crippen LogP contribution >= 0.6 is 0 Å². The summed E-state index contributed by atoms with van der Waals surface area (Å²) < 4.78 is 20.7. The third-order valence-corrected chi connectivity index (χ3v) is 4.08. The summed E-state index contributed by atoms with van der Waals surface area (Å²) in [5.41, 5.74) is 0.928. The summed E-state index contributed by atoms with van der Waals surface area (Å²) in [6.07, 6.45) is 2.32. The Bertz CT molecular complexity index is 731. The molecular weight excluding hydrogens is 311 g/mol. The highest BCUT2D eigenvalue weighted by atomic mass is 19.1. The Morgan fingerprint density at radius 1 is 1.50 bits per heavy atom. The first-order valence-electron chi connectivity index (χ1n) is 8.07. The highest BCUT2D eigenvalue weighted by Crippen LogP contribution is 2.21. The van der Waals surface area contributed by atoms with E-state index in [1.807, 2.05) is 13.8 Å². The molecule has 0 radical (unpaired) electrons. The highest BCUT2D eigenvalue weighted by Gasteiger charge is 2.28. The number of urea groups is 1. The van der Waals surface area contributed by atoms with Crippen LogP contribution in [0.25, 0.3) is 0 Å². The molecule has 24 heavy (non-hydrogen) atoms. The van der Waals surface area contributed by atoms with Crippen molar-refractivity contribution in [2.75, 3.05) is 18.4 Å². The van der Waals surface area contributed by atoms with E-state index in [1.54, 1.807) is 27.9 Å². The summed E-state index contributed by atoms with van der Waals surface area (Å²) in [4.78, 5) is 14.1. The number of carbonyl (C=O) groups excluding carboxylic acids is 1. The van der Waals surface area contributed by atoms with Gasteiger partial charge >= 0.3 is 6.03 Å². The van der Waals surface area contributed by atoms with E-state index in [1.165, 1.54) is 12.1 Å². The fraction of sp³-hybridized carbons (Fsp3) is 0.412. The number of ether oxygens (including phenoxy) is 1. The molecule has 6 nitrogen and oxygen atoms in total. The maximum absolute atomic E-state index is 13.2. The van der Waals surface area contributed by atoms with Gasteiger partial charge in [-0.15, -0.1) is 0 Å². The molecule has 3 rings (SSSR count). The Morgan fingerprint density at radius 3 is 3.08 bits per heavy atom. The van der Waals surface area contributed by atoms with Crippen LogP contribution in [0.4, 0.5) is 15.0 Å². The maximum Gasteiger partial charge on any atom is 0.323 e. The number of aryl methyl sites for hydroxylation is 2. The normalized spacial score (nSPS) is 17.1. The molecule has 0 bridgehead atoms. The van der Waals surface area contributed by atoms with Gasteiger partial charge in [0.2, 0.25) is 0 Å². The minimum absolute atomic E-state index is 0.130. The van der Waals surface area contributed by atoms with E-state index in [9.17, 15) is 9.18 Å². The Labute approximate surface area is 140 Å². The monoisotopic (exact) mass is 332 g/mol. The summed E-state index contributed by atoms with van der Waals surface area (Å²) in [6, 6.07) is 5.89. The molecule has 1 N–H and O–H groups in total. The van der Waals surface area contributed by atoms with Gasteiger partial charge in [0, 0.05) is 31.1 Å². The predicted molar refractivity (Wildman–Crippen MR) is 88.7 cm³/mol. The molecule has 7 heteroatoms. The largest absolute Gasteiger partial charge is 0.488 e. The molecule has 0 spiro atoms. The zero-order valence-corrected chi connectivity index (χ0v) is 13.8. The second kappa shape index (κ2) is 6.90. The third kappa shape index (κ3) is 3.50. The fourth-order valence-corrected chi connectivity index (χ4v) is 2.80. The molecule has 1 unspecified atom stereocenters. The number of amides is 2. The van der Waals surface area contributed by atoms with Gasteiger partial charge < -0.3 is 9.64 Å². The molecular formula is C17H21FN4O2. The Hall–Kier alpha value is -2.57. The Morgan fingerprint density at radius 2 is 2.33 bits per heavy atom. The van der Waals surface area contributed by atoms with Crippen molar-refractivity contribution >= 4 is 11.8 Å². The van der Waals surface area contributed by atoms with Crippen LogP contribution in [0.3, 0.4) is 0 Å². The van der Waals surface area contributed by atoms with Gasteiger partial charge in [-0.1, -0.05) is 6.07 Å². The first-order chi connectivity index (χ1) is 11.6. The van der Waals surface area contributed by atoms with Gasteiger partial charge in [-0.2, -0.15) is 5.10 Å². The topological polar surface area (TPSA) is 59.4 Å². The minimum Gasteiger partial charge on any atom is -0.488 e. The van der Waals surface area contributed by atoms with Crippen LogP contribution in [0.5, 0.6) is 5.75 Å². The number of aromatic nitrogens is 2. The van der Waals surface area contributed by atoms with Crippen molar-refractivity contribution in [3.63, 3.8) is 0 Å². The van der Waals surface area contributed by atoms with Crippen molar-refractivity contribution in [3.8, 4) is 5.75 Å². The van der Waals surface area contributed by atoms with Crippen LogP contribution in [0, 0.1) is 12.7 Å². The molecule has 1 aliphatic rings. The lowest BCUT2D eigenvalue weighted by Gasteiger charge is -2.18. The van der Waals surface area contributed by atoms with E-state index in [0.717, 1.165) is 17.8 Å². The minimum atomic E-state index is -0.330. The molecule has 1 aromatic carbocycles. The standard InChI is InChI=1S/C17H21FN4O2/c1-3-22-16(12(2)10-19-22)20-17(23)21-8-7-15(11-21)24-14-6-4-5-13(18)9-14/h4-6,9-10,15H,3,7-8,11H2,1-2H3,(H,20,23). The maximum atomic E-state index is 13.2. The summed E-state index contributed by atoms with van der Waals surface area (Å²) in [7, 11) is 0. The fourth-order valence-electron chi connectivity index (χ4n) is 2.80. The second-order valence-electron chi connectivity index (χ2n) is 5.85. The number of halogens is 1. The average Bonchev–Trinajstić information content (AvgIpc) is 3.15. The van der Waals surface area contributed by atoms with E-state index < -0.39 is 0 Å². The zero-order chi connectivity index (χ0) is 17.1. The van der Waals surface area contributed by atoms with Crippen molar-refractivity contribution in [1.29, 1.82) is 0 Å². The van der Waals surface area contributed by atoms with E-state index in [4.69, 9.17) is 4.74 Å². The van der Waals surface area contributed by atoms with Crippen LogP contribution in [0.15, 0.2) is 30.5 Å². The molecule has 128 valence electrons. The molecule has 1 aliphatic heterocycles. The van der Waals surface area contributed by atoms with Crippen molar-refractivity contribution < 1.29 is 13.9 Å². The van der Waals surface area contributed by atoms with Gasteiger partial charge in [-0.25, -0.2) is 13.9 Å². The second-order valence-corrected chi connectivity index (χ2v) is 5.85. The molecule has 0 aliphatic carbocycles. The molecule has 1 atom stereocenters. The number of hydrogen-bond acceptors (Lipinski definition) is 3. The van der Waals surface area contributed by atoms with Crippen LogP contribution in [0.1, 0.15) is 18.9 Å². The van der Waals surface area contributed by atoms with Crippen LogP contribution < -0.4 is 10.1 Å². The number of nitrogens with one attached hydrogen (secondary N) is 1. The van der Waals surface area contributed by atoms with Crippen molar-refractivity contribution in [1.82, 2.24) is 14.7 Å². The smallest absolute Gasteiger partial charge is 0.323 e. The summed E-state index contributed by atoms with van der Waals surface area (Å²) >= 11 is 0. The van der Waals surface area contributed by atoms with Gasteiger partial charge in [-0.05, 0) is 26.0 Å². The van der Waals surface area contributed by atoms with Gasteiger partial charge in [0.05, 0.1) is 12.7 Å². The molecule has 2 heterocycles. The molecule has 1 aromatic heterocycles. The predicted octanol–water partition coefficient (Wildman–Crippen LogP) is 3.04. The van der Waals surface area contributed by atoms with Gasteiger partial charge in [0.25, 0.3) is 0 Å². The third-order valence-electron chi connectivity index (χ3n) is 4.08. The molecule has 0 saturated carbocycles.